The summed E-state index contributed by atoms with van der Waals surface area (Å²) in [5, 5.41) is 0. The molecule has 1 fully saturated rings. The summed E-state index contributed by atoms with van der Waals surface area (Å²) >= 11 is 0. The van der Waals surface area contributed by atoms with Gasteiger partial charge in [-0.15, -0.1) is 0 Å². The van der Waals surface area contributed by atoms with Crippen LogP contribution in [0, 0.1) is 0 Å². The van der Waals surface area contributed by atoms with E-state index in [4.69, 9.17) is 9.47 Å². The molecule has 53 heavy (non-hydrogen) atoms. The molecule has 0 aliphatic carbocycles. The largest absolute Gasteiger partial charge is 0.348 e. The van der Waals surface area contributed by atoms with Crippen molar-refractivity contribution >= 4 is 0 Å². The van der Waals surface area contributed by atoms with Gasteiger partial charge in [0.2, 0.25) is 0 Å². The maximum atomic E-state index is 6.81. The van der Waals surface area contributed by atoms with E-state index in [1.165, 1.54) is 153 Å². The number of unbranched alkanes of at least 4 members (excludes halogenated alkanes) is 19. The second kappa shape index (κ2) is 34.5. The molecule has 1 aromatic rings. The monoisotopic (exact) mass is 736 g/mol. The Morgan fingerprint density at radius 2 is 1.11 bits per heavy atom. The normalized spacial score (nSPS) is 18.1. The fourth-order valence-corrected chi connectivity index (χ4v) is 7.30. The first kappa shape index (κ1) is 47.2. The number of ether oxygens (including phenoxy) is 2. The van der Waals surface area contributed by atoms with E-state index in [9.17, 15) is 0 Å². The minimum atomic E-state index is -0.358. The maximum Gasteiger partial charge on any atom is 0.168 e. The van der Waals surface area contributed by atoms with Gasteiger partial charge in [0.1, 0.15) is 0 Å². The molecule has 1 unspecified atom stereocenters. The first-order valence-electron chi connectivity index (χ1n) is 22.7. The van der Waals surface area contributed by atoms with Crippen molar-refractivity contribution in [1.29, 1.82) is 0 Å². The number of imidazole rings is 1. The molecule has 0 spiro atoms. The summed E-state index contributed by atoms with van der Waals surface area (Å²) < 4.78 is 13.4. The van der Waals surface area contributed by atoms with Crippen molar-refractivity contribution in [2.45, 2.75) is 212 Å². The van der Waals surface area contributed by atoms with E-state index in [-0.39, 0.29) is 11.9 Å². The highest BCUT2D eigenvalue weighted by Gasteiger charge is 2.40. The Kier molecular flexibility index (Phi) is 30.8. The molecule has 0 aromatic carbocycles. The topological polar surface area (TPSA) is 50.4 Å². The van der Waals surface area contributed by atoms with Gasteiger partial charge in [-0.05, 0) is 90.5 Å². The van der Waals surface area contributed by atoms with Crippen molar-refractivity contribution in [3.63, 3.8) is 0 Å². The molecule has 1 aliphatic heterocycles. The number of nitrogens with zero attached hydrogens (tertiary/aromatic N) is 2. The number of hydrogen-bond donors (Lipinski definition) is 1. The van der Waals surface area contributed by atoms with Crippen LogP contribution in [-0.4, -0.2) is 53.5 Å². The molecule has 5 nitrogen and oxygen atoms in total. The van der Waals surface area contributed by atoms with Crippen molar-refractivity contribution in [2.24, 2.45) is 0 Å². The number of likely N-dealkylation sites (N-methyl/N-ethyl adjacent to an activating group) is 1. The molecule has 0 saturated carbocycles. The highest BCUT2D eigenvalue weighted by Crippen LogP contribution is 2.35. The van der Waals surface area contributed by atoms with Gasteiger partial charge in [-0.1, -0.05) is 146 Å². The SMILES string of the molecule is CCCCCC=CCC=CCCCCCCCCC1(CCCCCCCCC=CCC=CCCCCCC)OC[C@H](CCN(C)CCc2cnc[nH]2)O1. The van der Waals surface area contributed by atoms with E-state index in [2.05, 4.69) is 84.4 Å². The molecule has 304 valence electrons. The minimum absolute atomic E-state index is 0.212. The molecule has 1 saturated heterocycles. The van der Waals surface area contributed by atoms with Crippen LogP contribution in [0.15, 0.2) is 61.1 Å². The Labute approximate surface area is 329 Å². The van der Waals surface area contributed by atoms with Crippen LogP contribution in [0.4, 0.5) is 0 Å². The van der Waals surface area contributed by atoms with Crippen molar-refractivity contribution in [1.82, 2.24) is 14.9 Å². The quantitative estimate of drug-likeness (QED) is 0.0546. The standard InChI is InChI=1S/C48H85N3O2/c1-4-6-8-10-12-14-16-18-20-22-24-26-28-30-32-34-36-40-48(52-44-47(53-48)38-42-51(3)41-37-46-43-49-45-50-46)39-35-33-31-29-27-25-23-21-19-17-15-13-11-9-7-5-2/h13-16,19-22,43,45,47H,4-12,17-18,23-42,44H2,1-3H3,(H,49,50)/t47-,48?/m0/s1. The molecule has 2 heterocycles. The zero-order chi connectivity index (χ0) is 37.8. The van der Waals surface area contributed by atoms with Gasteiger partial charge in [0, 0.05) is 44.2 Å². The van der Waals surface area contributed by atoms with Crippen LogP contribution in [0.3, 0.4) is 0 Å². The lowest BCUT2D eigenvalue weighted by Crippen LogP contribution is -2.32. The number of allylic oxidation sites excluding steroid dienone is 8. The van der Waals surface area contributed by atoms with Gasteiger partial charge >= 0.3 is 0 Å². The summed E-state index contributed by atoms with van der Waals surface area (Å²) in [4.78, 5) is 9.79. The molecule has 2 atom stereocenters. The lowest BCUT2D eigenvalue weighted by molar-refractivity contribution is -0.180. The van der Waals surface area contributed by atoms with Crippen molar-refractivity contribution in [3.8, 4) is 0 Å². The van der Waals surface area contributed by atoms with Gasteiger partial charge in [0.05, 0.1) is 19.0 Å². The van der Waals surface area contributed by atoms with Gasteiger partial charge in [-0.2, -0.15) is 0 Å². The van der Waals surface area contributed by atoms with Crippen LogP contribution in [0.1, 0.15) is 199 Å². The van der Waals surface area contributed by atoms with Crippen LogP contribution in [0.2, 0.25) is 0 Å². The first-order valence-corrected chi connectivity index (χ1v) is 22.7. The smallest absolute Gasteiger partial charge is 0.168 e. The van der Waals surface area contributed by atoms with Crippen LogP contribution in [0.25, 0.3) is 0 Å². The van der Waals surface area contributed by atoms with Crippen LogP contribution in [0.5, 0.6) is 0 Å². The molecule has 1 aliphatic rings. The average Bonchev–Trinajstić information content (AvgIpc) is 3.85. The number of nitrogens with one attached hydrogen (secondary N) is 1. The van der Waals surface area contributed by atoms with Gasteiger partial charge in [0.15, 0.2) is 5.79 Å². The number of H-pyrrole nitrogens is 1. The Hall–Kier alpha value is -1.95. The summed E-state index contributed by atoms with van der Waals surface area (Å²) in [6.45, 7) is 7.36. The lowest BCUT2D eigenvalue weighted by atomic mass is 9.98. The predicted octanol–water partition coefficient (Wildman–Crippen LogP) is 14.2. The molecule has 5 heteroatoms. The van der Waals surface area contributed by atoms with Crippen LogP contribution >= 0.6 is 0 Å². The van der Waals surface area contributed by atoms with Crippen LogP contribution < -0.4 is 0 Å². The summed E-state index contributed by atoms with van der Waals surface area (Å²) in [6.07, 6.45) is 59.2. The molecule has 2 rings (SSSR count). The Bertz CT molecular complexity index is 1030. The lowest BCUT2D eigenvalue weighted by Gasteiger charge is -2.29. The summed E-state index contributed by atoms with van der Waals surface area (Å²) in [5.74, 6) is -0.358. The third-order valence-electron chi connectivity index (χ3n) is 10.8. The molecule has 1 aromatic heterocycles. The predicted molar refractivity (Wildman–Crippen MR) is 231 cm³/mol. The molecular formula is C48H85N3O2. The van der Waals surface area contributed by atoms with E-state index in [0.29, 0.717) is 0 Å². The number of aromatic amines is 1. The summed E-state index contributed by atoms with van der Waals surface area (Å²) in [5.41, 5.74) is 1.20. The van der Waals surface area contributed by atoms with Crippen molar-refractivity contribution in [2.75, 3.05) is 26.7 Å². The minimum Gasteiger partial charge on any atom is -0.348 e. The summed E-state index contributed by atoms with van der Waals surface area (Å²) in [7, 11) is 2.22. The number of aromatic nitrogens is 2. The Morgan fingerprint density at radius 3 is 1.62 bits per heavy atom. The van der Waals surface area contributed by atoms with Gasteiger partial charge in [0.25, 0.3) is 0 Å². The van der Waals surface area contributed by atoms with E-state index in [1.807, 2.05) is 6.20 Å². The van der Waals surface area contributed by atoms with E-state index < -0.39 is 0 Å². The molecule has 0 radical (unpaired) electrons. The molecule has 0 bridgehead atoms. The molecule has 1 N–H and O–H groups in total. The number of rotatable bonds is 37. The molecular weight excluding hydrogens is 651 g/mol. The first-order chi connectivity index (χ1) is 26.2. The third kappa shape index (κ3) is 27.3. The second-order valence-electron chi connectivity index (χ2n) is 15.9. The van der Waals surface area contributed by atoms with Crippen molar-refractivity contribution < 1.29 is 9.47 Å². The fraction of sp³-hybridized carbons (Fsp3) is 0.771. The van der Waals surface area contributed by atoms with E-state index in [1.54, 1.807) is 6.33 Å². The average molecular weight is 736 g/mol. The van der Waals surface area contributed by atoms with Gasteiger partial charge < -0.3 is 19.4 Å². The number of hydrogen-bond acceptors (Lipinski definition) is 4. The Balaban J connectivity index is 1.60. The molecule has 0 amide bonds. The van der Waals surface area contributed by atoms with E-state index in [0.717, 1.165) is 58.2 Å². The van der Waals surface area contributed by atoms with E-state index >= 15 is 0 Å². The Morgan fingerprint density at radius 1 is 0.642 bits per heavy atom. The van der Waals surface area contributed by atoms with Crippen molar-refractivity contribution in [3.05, 3.63) is 66.8 Å². The third-order valence-corrected chi connectivity index (χ3v) is 10.8. The highest BCUT2D eigenvalue weighted by atomic mass is 16.7. The second-order valence-corrected chi connectivity index (χ2v) is 15.9. The fourth-order valence-electron chi connectivity index (χ4n) is 7.30. The zero-order valence-electron chi connectivity index (χ0n) is 35.2. The van der Waals surface area contributed by atoms with Gasteiger partial charge in [-0.25, -0.2) is 4.98 Å². The summed E-state index contributed by atoms with van der Waals surface area (Å²) in [6, 6.07) is 0. The maximum absolute atomic E-state index is 6.81. The van der Waals surface area contributed by atoms with Crippen LogP contribution in [-0.2, 0) is 15.9 Å². The highest BCUT2D eigenvalue weighted by molar-refractivity contribution is 4.95. The van der Waals surface area contributed by atoms with Gasteiger partial charge in [-0.3, -0.25) is 0 Å². The zero-order valence-corrected chi connectivity index (χ0v) is 35.2.